The van der Waals surface area contributed by atoms with Gasteiger partial charge in [0.15, 0.2) is 0 Å². The zero-order chi connectivity index (χ0) is 38.3. The van der Waals surface area contributed by atoms with Crippen LogP contribution in [-0.2, 0) is 0 Å². The Morgan fingerprint density at radius 2 is 0.549 bits per heavy atom. The first-order chi connectivity index (χ1) is 24.3. The highest BCUT2D eigenvalue weighted by Gasteiger charge is 2.00. The normalized spacial score (nSPS) is 15.1. The van der Waals surface area contributed by atoms with E-state index in [0.29, 0.717) is 12.5 Å². The van der Waals surface area contributed by atoms with Crippen LogP contribution in [0.25, 0.3) is 0 Å². The van der Waals surface area contributed by atoms with E-state index in [1.165, 1.54) is 114 Å². The van der Waals surface area contributed by atoms with Crippen molar-refractivity contribution in [1.29, 1.82) is 0 Å². The Morgan fingerprint density at radius 1 is 0.333 bits per heavy atom. The second kappa shape index (κ2) is 32.3. The van der Waals surface area contributed by atoms with E-state index in [1.807, 2.05) is 0 Å². The summed E-state index contributed by atoms with van der Waals surface area (Å²) in [7, 11) is 0. The lowest BCUT2D eigenvalue weighted by atomic mass is 10.0. The van der Waals surface area contributed by atoms with Gasteiger partial charge in [-0.05, 0) is 197 Å². The molecule has 0 aromatic carbocycles. The molecule has 0 aromatic rings. The van der Waals surface area contributed by atoms with Crippen LogP contribution in [-0.4, -0.2) is 11.7 Å². The van der Waals surface area contributed by atoms with Crippen LogP contribution >= 0.6 is 0 Å². The van der Waals surface area contributed by atoms with E-state index in [1.54, 1.807) is 0 Å². The second-order valence-corrected chi connectivity index (χ2v) is 16.2. The molecular weight excluding hydrogens is 617 g/mol. The van der Waals surface area contributed by atoms with E-state index in [4.69, 9.17) is 5.11 Å². The van der Waals surface area contributed by atoms with Gasteiger partial charge in [-0.3, -0.25) is 0 Å². The number of aliphatic hydroxyl groups excluding tert-OH is 1. The average Bonchev–Trinajstić information content (AvgIpc) is 3.04. The lowest BCUT2D eigenvalue weighted by Gasteiger charge is -2.07. The molecule has 0 unspecified atom stereocenters. The first kappa shape index (κ1) is 48.6. The fourth-order valence-electron chi connectivity index (χ4n) is 6.21. The van der Waals surface area contributed by atoms with Gasteiger partial charge in [-0.15, -0.1) is 0 Å². The monoisotopic (exact) mass is 701 g/mol. The van der Waals surface area contributed by atoms with E-state index in [-0.39, 0.29) is 0 Å². The number of hydrogen-bond acceptors (Lipinski definition) is 1. The molecule has 1 atom stereocenters. The first-order valence-electron chi connectivity index (χ1n) is 20.8. The van der Waals surface area contributed by atoms with Crippen LogP contribution in [0.4, 0.5) is 0 Å². The van der Waals surface area contributed by atoms with Crippen LogP contribution in [0.2, 0.25) is 0 Å². The third kappa shape index (κ3) is 33.2. The number of rotatable bonds is 29. The maximum Gasteiger partial charge on any atom is 0.0433 e. The highest BCUT2D eigenvalue weighted by Crippen LogP contribution is 2.18. The van der Waals surface area contributed by atoms with Crippen LogP contribution in [0.15, 0.2) is 105 Å². The Kier molecular flexibility index (Phi) is 30.8. The maximum atomic E-state index is 9.05. The van der Waals surface area contributed by atoms with Gasteiger partial charge in [0.2, 0.25) is 0 Å². The Bertz CT molecular complexity index is 1200. The smallest absolute Gasteiger partial charge is 0.0433 e. The van der Waals surface area contributed by atoms with Crippen molar-refractivity contribution in [3.8, 4) is 0 Å². The van der Waals surface area contributed by atoms with E-state index in [0.717, 1.165) is 57.8 Å². The lowest BCUT2D eigenvalue weighted by molar-refractivity contribution is 0.259. The molecule has 0 fully saturated rings. The van der Waals surface area contributed by atoms with E-state index < -0.39 is 0 Å². The predicted molar refractivity (Wildman–Crippen MR) is 233 cm³/mol. The molecule has 0 saturated heterocycles. The molecule has 0 aliphatic heterocycles. The van der Waals surface area contributed by atoms with Gasteiger partial charge in [-0.25, -0.2) is 0 Å². The van der Waals surface area contributed by atoms with E-state index in [9.17, 15) is 0 Å². The Balaban J connectivity index is 4.22. The van der Waals surface area contributed by atoms with Gasteiger partial charge < -0.3 is 5.11 Å². The van der Waals surface area contributed by atoms with Crippen molar-refractivity contribution in [3.05, 3.63) is 105 Å². The third-order valence-electron chi connectivity index (χ3n) is 10.1. The predicted octanol–water partition coefficient (Wildman–Crippen LogP) is 16.6. The molecule has 1 heteroatoms. The van der Waals surface area contributed by atoms with E-state index >= 15 is 0 Å². The summed E-state index contributed by atoms with van der Waals surface area (Å²) in [5, 5.41) is 9.05. The number of allylic oxidation sites excluding steroid dienone is 18. The quantitative estimate of drug-likeness (QED) is 0.0770. The van der Waals surface area contributed by atoms with Crippen molar-refractivity contribution in [2.45, 2.75) is 198 Å². The van der Waals surface area contributed by atoms with Crippen molar-refractivity contribution in [3.63, 3.8) is 0 Å². The minimum atomic E-state index is 0.312. The Hall–Kier alpha value is -2.38. The van der Waals surface area contributed by atoms with E-state index in [2.05, 4.69) is 131 Å². The van der Waals surface area contributed by atoms with Crippen molar-refractivity contribution < 1.29 is 5.11 Å². The molecule has 0 saturated carbocycles. The summed E-state index contributed by atoms with van der Waals surface area (Å²) in [6, 6.07) is 0. The largest absolute Gasteiger partial charge is 0.396 e. The summed E-state index contributed by atoms with van der Waals surface area (Å²) >= 11 is 0. The standard InChI is InChI=1S/C50H84O/c1-41(2)21-12-22-42(3)23-13-24-43(4)25-14-26-44(5)27-15-28-45(6)29-16-30-46(7)31-17-32-47(8)33-18-34-48(9)35-19-36-49(10)37-20-38-50(11)39-40-51/h21,23,25,27,29,31,33,35,37,50-51H,12-20,22,24,26,28,30,32,34,36,38-40H2,1-11H3/b42-23-,43-25+,44-27+,45-29+,46-31+,47-33+,48-35+,49-37+/t50-/m0/s1. The van der Waals surface area contributed by atoms with Crippen molar-refractivity contribution in [1.82, 2.24) is 0 Å². The summed E-state index contributed by atoms with van der Waals surface area (Å²) in [6.07, 6.45) is 43.8. The molecule has 0 rings (SSSR count). The SMILES string of the molecule is CC(C)=CCC/C(C)=C\CC/C(C)=C/CC/C(C)=C/CC/C(C)=C/CC/C(C)=C/CC/C(C)=C/CC/C(C)=C/CC/C(C)=C/CC[C@H](C)CCO. The maximum absolute atomic E-state index is 9.05. The summed E-state index contributed by atoms with van der Waals surface area (Å²) in [4.78, 5) is 0. The van der Waals surface area contributed by atoms with Gasteiger partial charge in [0.1, 0.15) is 0 Å². The first-order valence-corrected chi connectivity index (χ1v) is 20.8. The average molecular weight is 701 g/mol. The van der Waals surface area contributed by atoms with Crippen LogP contribution in [0.1, 0.15) is 198 Å². The van der Waals surface area contributed by atoms with Crippen molar-refractivity contribution >= 4 is 0 Å². The van der Waals surface area contributed by atoms with Gasteiger partial charge in [0, 0.05) is 6.61 Å². The molecular formula is C50H84O. The molecule has 0 bridgehead atoms. The van der Waals surface area contributed by atoms with Gasteiger partial charge in [0.05, 0.1) is 0 Å². The van der Waals surface area contributed by atoms with Crippen molar-refractivity contribution in [2.75, 3.05) is 6.61 Å². The van der Waals surface area contributed by atoms with Crippen molar-refractivity contribution in [2.24, 2.45) is 5.92 Å². The third-order valence-corrected chi connectivity index (χ3v) is 10.1. The molecule has 1 N–H and O–H groups in total. The molecule has 51 heavy (non-hydrogen) atoms. The molecule has 0 aliphatic carbocycles. The summed E-state index contributed by atoms with van der Waals surface area (Å²) in [6.45, 7) is 25.2. The van der Waals surface area contributed by atoms with Crippen LogP contribution in [0.5, 0.6) is 0 Å². The van der Waals surface area contributed by atoms with Crippen LogP contribution < -0.4 is 0 Å². The molecule has 0 spiro atoms. The molecule has 0 radical (unpaired) electrons. The number of hydrogen-bond donors (Lipinski definition) is 1. The Labute approximate surface area is 319 Å². The van der Waals surface area contributed by atoms with Crippen LogP contribution in [0, 0.1) is 5.92 Å². The summed E-state index contributed by atoms with van der Waals surface area (Å²) < 4.78 is 0. The summed E-state index contributed by atoms with van der Waals surface area (Å²) in [5.41, 5.74) is 13.6. The summed E-state index contributed by atoms with van der Waals surface area (Å²) in [5.74, 6) is 0.617. The zero-order valence-corrected chi connectivity index (χ0v) is 35.9. The minimum Gasteiger partial charge on any atom is -0.396 e. The minimum absolute atomic E-state index is 0.312. The zero-order valence-electron chi connectivity index (χ0n) is 35.9. The van der Waals surface area contributed by atoms with Gasteiger partial charge in [-0.1, -0.05) is 112 Å². The molecule has 0 amide bonds. The molecule has 0 aromatic heterocycles. The number of aliphatic hydroxyl groups is 1. The topological polar surface area (TPSA) is 20.2 Å². The molecule has 0 aliphatic rings. The van der Waals surface area contributed by atoms with Crippen LogP contribution in [0.3, 0.4) is 0 Å². The molecule has 1 nitrogen and oxygen atoms in total. The fraction of sp³-hybridized carbons (Fsp3) is 0.640. The van der Waals surface area contributed by atoms with Gasteiger partial charge in [-0.2, -0.15) is 0 Å². The highest BCUT2D eigenvalue weighted by molar-refractivity contribution is 5.10. The second-order valence-electron chi connectivity index (χ2n) is 16.2. The highest BCUT2D eigenvalue weighted by atomic mass is 16.3. The lowest BCUT2D eigenvalue weighted by Crippen LogP contribution is -1.97. The fourth-order valence-corrected chi connectivity index (χ4v) is 6.21. The molecule has 290 valence electrons. The molecule has 0 heterocycles. The Morgan fingerprint density at radius 3 is 0.765 bits per heavy atom. The van der Waals surface area contributed by atoms with Gasteiger partial charge >= 0.3 is 0 Å². The van der Waals surface area contributed by atoms with Gasteiger partial charge in [0.25, 0.3) is 0 Å².